The summed E-state index contributed by atoms with van der Waals surface area (Å²) >= 11 is 0. The van der Waals surface area contributed by atoms with Gasteiger partial charge >= 0.3 is 18.2 Å². The van der Waals surface area contributed by atoms with Crippen molar-refractivity contribution in [3.8, 4) is 0 Å². The summed E-state index contributed by atoms with van der Waals surface area (Å²) in [5, 5.41) is 21.8. The third kappa shape index (κ3) is 8.47. The lowest BCUT2D eigenvalue weighted by atomic mass is 9.93. The largest absolute Gasteiger partial charge is 0.481 e. The predicted octanol–water partition coefficient (Wildman–Crippen LogP) is 1.97. The van der Waals surface area contributed by atoms with Gasteiger partial charge in [0.2, 0.25) is 0 Å². The maximum absolute atomic E-state index is 12.5. The summed E-state index contributed by atoms with van der Waals surface area (Å²) in [4.78, 5) is 37.0. The highest BCUT2D eigenvalue weighted by Gasteiger charge is 2.41. The smallest absolute Gasteiger partial charge is 0.410 e. The number of carbonyl (C=O) groups excluding carboxylic acids is 2. The number of aliphatic hydroxyl groups excluding tert-OH is 1. The molecule has 0 radical (unpaired) electrons. The Kier molecular flexibility index (Phi) is 7.48. The molecule has 0 spiro atoms. The van der Waals surface area contributed by atoms with Gasteiger partial charge in [0.25, 0.3) is 0 Å². The molecule has 0 bridgehead atoms. The number of likely N-dealkylation sites (tertiary alicyclic amines) is 1. The number of ether oxygens (including phenoxy) is 2. The first-order valence-corrected chi connectivity index (χ1v) is 9.04. The Morgan fingerprint density at radius 1 is 1.11 bits per heavy atom. The van der Waals surface area contributed by atoms with Crippen LogP contribution in [0.1, 0.15) is 54.4 Å². The standard InChI is InChI=1S/C18H32N2O7/c1-17(2,3)26-15(24)19-9-11(7-14(22)23)13-8-12(21)10-20(13)16(25)27-18(4,5)6/h11-13,21H,7-10H2,1-6H3,(H,19,24)(H,22,23)/t11-,12-,13+/m1/s1. The van der Waals surface area contributed by atoms with Crippen molar-refractivity contribution in [3.05, 3.63) is 0 Å². The number of aliphatic carboxylic acids is 1. The number of aliphatic hydroxyl groups is 1. The predicted molar refractivity (Wildman–Crippen MR) is 97.3 cm³/mol. The average molecular weight is 388 g/mol. The molecular weight excluding hydrogens is 356 g/mol. The molecule has 1 aliphatic rings. The molecule has 0 unspecified atom stereocenters. The van der Waals surface area contributed by atoms with E-state index >= 15 is 0 Å². The molecule has 0 saturated carbocycles. The van der Waals surface area contributed by atoms with E-state index in [2.05, 4.69) is 5.32 Å². The lowest BCUT2D eigenvalue weighted by Gasteiger charge is -2.32. The number of rotatable bonds is 5. The van der Waals surface area contributed by atoms with E-state index in [1.54, 1.807) is 41.5 Å². The van der Waals surface area contributed by atoms with Gasteiger partial charge in [-0.1, -0.05) is 0 Å². The quantitative estimate of drug-likeness (QED) is 0.657. The molecule has 1 fully saturated rings. The van der Waals surface area contributed by atoms with Gasteiger partial charge in [0, 0.05) is 18.5 Å². The van der Waals surface area contributed by atoms with Crippen LogP contribution < -0.4 is 5.32 Å². The molecule has 27 heavy (non-hydrogen) atoms. The SMILES string of the molecule is CC(C)(C)OC(=O)NC[C@@H](CC(=O)O)[C@@H]1C[C@@H](O)CN1C(=O)OC(C)(C)C. The van der Waals surface area contributed by atoms with Crippen LogP contribution in [0.4, 0.5) is 9.59 Å². The molecule has 0 aliphatic carbocycles. The molecule has 1 rings (SSSR count). The van der Waals surface area contributed by atoms with Crippen LogP contribution in [-0.4, -0.2) is 69.7 Å². The van der Waals surface area contributed by atoms with Crippen molar-refractivity contribution < 1.29 is 34.1 Å². The number of carboxylic acids is 1. The number of hydrogen-bond donors (Lipinski definition) is 3. The van der Waals surface area contributed by atoms with Crippen molar-refractivity contribution >= 4 is 18.2 Å². The molecule has 156 valence electrons. The van der Waals surface area contributed by atoms with Gasteiger partial charge in [-0.25, -0.2) is 9.59 Å². The second kappa shape index (κ2) is 8.77. The highest BCUT2D eigenvalue weighted by molar-refractivity contribution is 5.71. The molecule has 0 aromatic rings. The van der Waals surface area contributed by atoms with Gasteiger partial charge in [0.15, 0.2) is 0 Å². The fraction of sp³-hybridized carbons (Fsp3) is 0.833. The summed E-state index contributed by atoms with van der Waals surface area (Å²) in [7, 11) is 0. The summed E-state index contributed by atoms with van der Waals surface area (Å²) in [6, 6.07) is -0.569. The van der Waals surface area contributed by atoms with Crippen molar-refractivity contribution in [2.45, 2.75) is 77.7 Å². The van der Waals surface area contributed by atoms with Crippen LogP contribution in [-0.2, 0) is 14.3 Å². The molecule has 0 aromatic carbocycles. The van der Waals surface area contributed by atoms with E-state index in [0.717, 1.165) is 0 Å². The Hall–Kier alpha value is -2.03. The Balaban J connectivity index is 2.87. The van der Waals surface area contributed by atoms with Crippen LogP contribution in [0.15, 0.2) is 0 Å². The average Bonchev–Trinajstić information content (AvgIpc) is 2.81. The number of nitrogens with zero attached hydrogens (tertiary/aromatic N) is 1. The zero-order valence-electron chi connectivity index (χ0n) is 16.9. The summed E-state index contributed by atoms with van der Waals surface area (Å²) in [5.74, 6) is -1.66. The minimum Gasteiger partial charge on any atom is -0.481 e. The van der Waals surface area contributed by atoms with Crippen LogP contribution in [0.5, 0.6) is 0 Å². The van der Waals surface area contributed by atoms with E-state index in [-0.39, 0.29) is 25.9 Å². The van der Waals surface area contributed by atoms with Crippen LogP contribution in [0.3, 0.4) is 0 Å². The molecular formula is C18H32N2O7. The fourth-order valence-corrected chi connectivity index (χ4v) is 2.92. The Morgan fingerprint density at radius 2 is 1.67 bits per heavy atom. The minimum absolute atomic E-state index is 0.00209. The molecule has 1 heterocycles. The lowest BCUT2D eigenvalue weighted by molar-refractivity contribution is -0.138. The maximum atomic E-state index is 12.5. The molecule has 3 N–H and O–H groups in total. The van der Waals surface area contributed by atoms with Gasteiger partial charge in [-0.05, 0) is 48.0 Å². The monoisotopic (exact) mass is 388 g/mol. The number of carbonyl (C=O) groups is 3. The number of nitrogens with one attached hydrogen (secondary N) is 1. The second-order valence-electron chi connectivity index (χ2n) is 8.83. The highest BCUT2D eigenvalue weighted by Crippen LogP contribution is 2.28. The van der Waals surface area contributed by atoms with E-state index < -0.39 is 47.4 Å². The summed E-state index contributed by atoms with van der Waals surface area (Å²) in [6.07, 6.45) is -2.11. The zero-order valence-corrected chi connectivity index (χ0v) is 16.9. The summed E-state index contributed by atoms with van der Waals surface area (Å²) in [5.41, 5.74) is -1.40. The minimum atomic E-state index is -1.06. The molecule has 1 aliphatic heterocycles. The van der Waals surface area contributed by atoms with Gasteiger partial charge in [-0.15, -0.1) is 0 Å². The Morgan fingerprint density at radius 3 is 2.15 bits per heavy atom. The van der Waals surface area contributed by atoms with Crippen LogP contribution in [0.2, 0.25) is 0 Å². The van der Waals surface area contributed by atoms with Crippen molar-refractivity contribution in [3.63, 3.8) is 0 Å². The van der Waals surface area contributed by atoms with E-state index in [9.17, 15) is 24.6 Å². The van der Waals surface area contributed by atoms with E-state index in [1.165, 1.54) is 4.90 Å². The van der Waals surface area contributed by atoms with Crippen LogP contribution in [0, 0.1) is 5.92 Å². The van der Waals surface area contributed by atoms with Crippen molar-refractivity contribution in [1.82, 2.24) is 10.2 Å². The van der Waals surface area contributed by atoms with Crippen LogP contribution >= 0.6 is 0 Å². The van der Waals surface area contributed by atoms with Crippen molar-refractivity contribution in [1.29, 1.82) is 0 Å². The van der Waals surface area contributed by atoms with Crippen molar-refractivity contribution in [2.24, 2.45) is 5.92 Å². The third-order valence-corrected chi connectivity index (χ3v) is 3.84. The Bertz CT molecular complexity index is 551. The van der Waals surface area contributed by atoms with E-state index in [1.807, 2.05) is 0 Å². The number of amides is 2. The van der Waals surface area contributed by atoms with Gasteiger partial charge < -0.3 is 29.9 Å². The number of carboxylic acid groups (broad SMARTS) is 1. The normalized spacial score (nSPS) is 21.5. The van der Waals surface area contributed by atoms with E-state index in [4.69, 9.17) is 9.47 Å². The number of β-amino-alcohol motifs (C(OH)–C–C–N with tert-alkyl or cyclic N) is 1. The van der Waals surface area contributed by atoms with Gasteiger partial charge in [-0.2, -0.15) is 0 Å². The molecule has 9 heteroatoms. The second-order valence-corrected chi connectivity index (χ2v) is 8.83. The number of hydrogen-bond acceptors (Lipinski definition) is 6. The molecule has 1 saturated heterocycles. The molecule has 0 aromatic heterocycles. The van der Waals surface area contributed by atoms with Gasteiger partial charge in [-0.3, -0.25) is 4.79 Å². The van der Waals surface area contributed by atoms with Crippen molar-refractivity contribution in [2.75, 3.05) is 13.1 Å². The van der Waals surface area contributed by atoms with Gasteiger partial charge in [0.05, 0.1) is 19.1 Å². The fourth-order valence-electron chi connectivity index (χ4n) is 2.92. The van der Waals surface area contributed by atoms with Gasteiger partial charge in [0.1, 0.15) is 11.2 Å². The first-order valence-electron chi connectivity index (χ1n) is 9.04. The molecule has 3 atom stereocenters. The zero-order chi connectivity index (χ0) is 21.0. The third-order valence-electron chi connectivity index (χ3n) is 3.84. The molecule has 2 amide bonds. The summed E-state index contributed by atoms with van der Waals surface area (Å²) in [6.45, 7) is 10.4. The van der Waals surface area contributed by atoms with Crippen LogP contribution in [0.25, 0.3) is 0 Å². The van der Waals surface area contributed by atoms with E-state index in [0.29, 0.717) is 0 Å². The number of alkyl carbamates (subject to hydrolysis) is 1. The topological polar surface area (TPSA) is 125 Å². The first-order chi connectivity index (χ1) is 12.2. The molecule has 9 nitrogen and oxygen atoms in total. The first kappa shape index (κ1) is 23.0. The Labute approximate surface area is 160 Å². The summed E-state index contributed by atoms with van der Waals surface area (Å²) < 4.78 is 10.5. The highest BCUT2D eigenvalue weighted by atomic mass is 16.6. The lowest BCUT2D eigenvalue weighted by Crippen LogP contribution is -2.47. The maximum Gasteiger partial charge on any atom is 0.410 e.